The number of rotatable bonds is 3. The average molecular weight is 279 g/mol. The van der Waals surface area contributed by atoms with Gasteiger partial charge in [-0.2, -0.15) is 26.9 Å². The molecule has 98 valence electrons. The highest BCUT2D eigenvalue weighted by Gasteiger charge is 2.48. The lowest BCUT2D eigenvalue weighted by molar-refractivity contribution is -0.0569. The molecule has 0 aliphatic heterocycles. The molecule has 1 unspecified atom stereocenters. The minimum absolute atomic E-state index is 0.224. The third-order valence-corrected chi connectivity index (χ3v) is 3.17. The molecule has 0 fully saturated rings. The van der Waals surface area contributed by atoms with E-state index in [1.807, 2.05) is 6.07 Å². The third-order valence-electron chi connectivity index (χ3n) is 2.06. The van der Waals surface area contributed by atoms with Crippen LogP contribution in [0.1, 0.15) is 24.2 Å². The van der Waals surface area contributed by atoms with E-state index in [9.17, 15) is 21.6 Å². The fourth-order valence-electron chi connectivity index (χ4n) is 1.13. The minimum Gasteiger partial charge on any atom is -0.255 e. The summed E-state index contributed by atoms with van der Waals surface area (Å²) in [5.74, 6) is 0. The van der Waals surface area contributed by atoms with Crippen molar-refractivity contribution in [3.05, 3.63) is 35.4 Å². The molecule has 0 bridgehead atoms. The van der Waals surface area contributed by atoms with Crippen molar-refractivity contribution in [1.82, 2.24) is 0 Å². The molecule has 1 atom stereocenters. The van der Waals surface area contributed by atoms with E-state index in [1.54, 1.807) is 0 Å². The molecule has 0 N–H and O–H groups in total. The lowest BCUT2D eigenvalue weighted by atomic mass is 10.1. The molecule has 1 aromatic rings. The summed E-state index contributed by atoms with van der Waals surface area (Å²) >= 11 is 0. The summed E-state index contributed by atoms with van der Waals surface area (Å²) in [6, 6.07) is 7.20. The zero-order valence-electron chi connectivity index (χ0n) is 9.10. The maximum atomic E-state index is 12.1. The van der Waals surface area contributed by atoms with Crippen molar-refractivity contribution in [1.29, 1.82) is 5.26 Å². The Morgan fingerprint density at radius 3 is 2.17 bits per heavy atom. The SMILES string of the molecule is CC(OS(=O)(=O)C(F)(F)F)c1ccc(C#N)cc1. The van der Waals surface area contributed by atoms with Gasteiger partial charge in [0.2, 0.25) is 0 Å². The van der Waals surface area contributed by atoms with Crippen LogP contribution in [0.2, 0.25) is 0 Å². The predicted octanol–water partition coefficient (Wildman–Crippen LogP) is 2.49. The fraction of sp³-hybridized carbons (Fsp3) is 0.300. The molecule has 0 aliphatic carbocycles. The van der Waals surface area contributed by atoms with Crippen LogP contribution in [0, 0.1) is 11.3 Å². The molecule has 18 heavy (non-hydrogen) atoms. The smallest absolute Gasteiger partial charge is 0.255 e. The second-order valence-electron chi connectivity index (χ2n) is 3.37. The molecular formula is C10H8F3NO3S. The van der Waals surface area contributed by atoms with Crippen molar-refractivity contribution in [3.63, 3.8) is 0 Å². The van der Waals surface area contributed by atoms with Crippen LogP contribution >= 0.6 is 0 Å². The monoisotopic (exact) mass is 279 g/mol. The van der Waals surface area contributed by atoms with E-state index in [0.717, 1.165) is 0 Å². The van der Waals surface area contributed by atoms with Gasteiger partial charge in [-0.3, -0.25) is 4.18 Å². The summed E-state index contributed by atoms with van der Waals surface area (Å²) in [4.78, 5) is 0. The first-order valence-corrected chi connectivity index (χ1v) is 6.08. The van der Waals surface area contributed by atoms with Gasteiger partial charge >= 0.3 is 15.6 Å². The topological polar surface area (TPSA) is 67.2 Å². The Labute approximate surface area is 102 Å². The van der Waals surface area contributed by atoms with Gasteiger partial charge in [-0.15, -0.1) is 0 Å². The Bertz CT molecular complexity index is 558. The lowest BCUT2D eigenvalue weighted by Crippen LogP contribution is -2.26. The van der Waals surface area contributed by atoms with E-state index in [4.69, 9.17) is 5.26 Å². The van der Waals surface area contributed by atoms with Gasteiger partial charge in [0, 0.05) is 0 Å². The summed E-state index contributed by atoms with van der Waals surface area (Å²) in [5, 5.41) is 8.53. The summed E-state index contributed by atoms with van der Waals surface area (Å²) in [6.45, 7) is 1.17. The highest BCUT2D eigenvalue weighted by molar-refractivity contribution is 7.87. The standard InChI is InChI=1S/C10H8F3NO3S/c1-7(17-18(15,16)10(11,12)13)9-4-2-8(6-14)3-5-9/h2-5,7H,1H3. The number of hydrogen-bond acceptors (Lipinski definition) is 4. The van der Waals surface area contributed by atoms with Crippen molar-refractivity contribution in [2.75, 3.05) is 0 Å². The number of alkyl halides is 3. The van der Waals surface area contributed by atoms with Crippen LogP contribution in [0.15, 0.2) is 24.3 Å². The predicted molar refractivity (Wildman–Crippen MR) is 55.6 cm³/mol. The normalized spacial score (nSPS) is 13.9. The summed E-state index contributed by atoms with van der Waals surface area (Å²) in [7, 11) is -5.63. The molecule has 0 saturated heterocycles. The van der Waals surface area contributed by atoms with Crippen LogP contribution in [0.3, 0.4) is 0 Å². The van der Waals surface area contributed by atoms with Crippen LogP contribution in [0.5, 0.6) is 0 Å². The Kier molecular flexibility index (Phi) is 3.98. The Hall–Kier alpha value is -1.59. The molecular weight excluding hydrogens is 271 g/mol. The van der Waals surface area contributed by atoms with Gasteiger partial charge < -0.3 is 0 Å². The van der Waals surface area contributed by atoms with Crippen molar-refractivity contribution < 1.29 is 25.8 Å². The maximum absolute atomic E-state index is 12.1. The molecule has 0 amide bonds. The van der Waals surface area contributed by atoms with Gasteiger partial charge in [0.05, 0.1) is 17.7 Å². The zero-order chi connectivity index (χ0) is 14.0. The number of hydrogen-bond donors (Lipinski definition) is 0. The van der Waals surface area contributed by atoms with Crippen molar-refractivity contribution in [3.8, 4) is 6.07 Å². The number of benzene rings is 1. The first kappa shape index (κ1) is 14.5. The van der Waals surface area contributed by atoms with Gasteiger partial charge in [-0.05, 0) is 24.6 Å². The van der Waals surface area contributed by atoms with Crippen LogP contribution in [-0.2, 0) is 14.3 Å². The molecule has 4 nitrogen and oxygen atoms in total. The average Bonchev–Trinajstić information content (AvgIpc) is 2.27. The molecule has 0 heterocycles. The van der Waals surface area contributed by atoms with E-state index in [-0.39, 0.29) is 5.56 Å². The first-order valence-electron chi connectivity index (χ1n) is 4.67. The Morgan fingerprint density at radius 2 is 1.78 bits per heavy atom. The van der Waals surface area contributed by atoms with Gasteiger partial charge in [-0.1, -0.05) is 12.1 Å². The van der Waals surface area contributed by atoms with Crippen molar-refractivity contribution in [2.45, 2.75) is 18.5 Å². The van der Waals surface area contributed by atoms with Gasteiger partial charge in [0.25, 0.3) is 0 Å². The molecule has 0 radical (unpaired) electrons. The lowest BCUT2D eigenvalue weighted by Gasteiger charge is -2.14. The van der Waals surface area contributed by atoms with E-state index < -0.39 is 21.7 Å². The Morgan fingerprint density at radius 1 is 1.28 bits per heavy atom. The molecule has 1 aromatic carbocycles. The number of halogens is 3. The summed E-state index contributed by atoms with van der Waals surface area (Å²) in [5.41, 5.74) is -4.92. The minimum atomic E-state index is -5.63. The molecule has 0 spiro atoms. The second-order valence-corrected chi connectivity index (χ2v) is 4.94. The molecule has 1 rings (SSSR count). The van der Waals surface area contributed by atoms with Crippen molar-refractivity contribution >= 4 is 10.1 Å². The number of nitrogens with zero attached hydrogens (tertiary/aromatic N) is 1. The molecule has 8 heteroatoms. The van der Waals surface area contributed by atoms with Gasteiger partial charge in [0.1, 0.15) is 0 Å². The van der Waals surface area contributed by atoms with E-state index in [2.05, 4.69) is 4.18 Å². The maximum Gasteiger partial charge on any atom is 0.523 e. The second kappa shape index (κ2) is 4.96. The Balaban J connectivity index is 2.90. The highest BCUT2D eigenvalue weighted by Crippen LogP contribution is 2.29. The van der Waals surface area contributed by atoms with Crippen LogP contribution in [0.25, 0.3) is 0 Å². The highest BCUT2D eigenvalue weighted by atomic mass is 32.2. The van der Waals surface area contributed by atoms with Crippen LogP contribution < -0.4 is 0 Å². The van der Waals surface area contributed by atoms with Crippen molar-refractivity contribution in [2.24, 2.45) is 0 Å². The fourth-order valence-corrected chi connectivity index (χ4v) is 1.73. The first-order chi connectivity index (χ1) is 8.17. The molecule has 0 saturated carbocycles. The van der Waals surface area contributed by atoms with E-state index in [1.165, 1.54) is 31.2 Å². The third kappa shape index (κ3) is 3.21. The summed E-state index contributed by atoms with van der Waals surface area (Å²) < 4.78 is 61.8. The van der Waals surface area contributed by atoms with E-state index in [0.29, 0.717) is 5.56 Å². The number of nitriles is 1. The largest absolute Gasteiger partial charge is 0.523 e. The summed E-state index contributed by atoms with van der Waals surface area (Å²) in [6.07, 6.45) is -1.29. The van der Waals surface area contributed by atoms with Crippen LogP contribution in [-0.4, -0.2) is 13.9 Å². The zero-order valence-corrected chi connectivity index (χ0v) is 9.92. The van der Waals surface area contributed by atoms with Crippen LogP contribution in [0.4, 0.5) is 13.2 Å². The van der Waals surface area contributed by atoms with Gasteiger partial charge in [0.15, 0.2) is 0 Å². The molecule has 0 aromatic heterocycles. The van der Waals surface area contributed by atoms with E-state index >= 15 is 0 Å². The molecule has 0 aliphatic rings. The van der Waals surface area contributed by atoms with Gasteiger partial charge in [-0.25, -0.2) is 0 Å². The quantitative estimate of drug-likeness (QED) is 0.629.